The second-order valence-electron chi connectivity index (χ2n) is 6.59. The lowest BCUT2D eigenvalue weighted by Gasteiger charge is -2.34. The minimum absolute atomic E-state index is 0.165. The van der Waals surface area contributed by atoms with Crippen LogP contribution in [-0.2, 0) is 14.3 Å². The number of hydrogen-bond donors (Lipinski definition) is 0. The first-order valence-electron chi connectivity index (χ1n) is 8.65. The van der Waals surface area contributed by atoms with Crippen molar-refractivity contribution in [1.82, 2.24) is 9.80 Å². The highest BCUT2D eigenvalue weighted by molar-refractivity contribution is 5.80. The van der Waals surface area contributed by atoms with Crippen LogP contribution in [0.5, 0.6) is 0 Å². The van der Waals surface area contributed by atoms with Crippen LogP contribution in [0, 0.1) is 5.92 Å². The summed E-state index contributed by atoms with van der Waals surface area (Å²) in [6.07, 6.45) is 0.968. The Balaban J connectivity index is 1.99. The van der Waals surface area contributed by atoms with E-state index in [0.29, 0.717) is 25.4 Å². The molecule has 0 aromatic heterocycles. The fourth-order valence-corrected chi connectivity index (χ4v) is 2.43. The molecule has 0 unspecified atom stereocenters. The molecule has 0 N–H and O–H groups in total. The fourth-order valence-electron chi connectivity index (χ4n) is 2.43. The number of carbonyl (C=O) groups excluding carboxylic acids is 1. The van der Waals surface area contributed by atoms with E-state index in [1.165, 1.54) is 0 Å². The number of carbonyl (C=O) groups is 1. The van der Waals surface area contributed by atoms with E-state index >= 15 is 0 Å². The molecule has 1 saturated heterocycles. The summed E-state index contributed by atoms with van der Waals surface area (Å²) in [6.45, 7) is 16.3. The van der Waals surface area contributed by atoms with Crippen molar-refractivity contribution >= 4 is 5.78 Å². The molecule has 0 aromatic carbocycles. The van der Waals surface area contributed by atoms with Crippen molar-refractivity contribution in [3.63, 3.8) is 0 Å². The van der Waals surface area contributed by atoms with Crippen LogP contribution in [0.4, 0.5) is 0 Å². The Morgan fingerprint density at radius 2 is 1.50 bits per heavy atom. The molecule has 130 valence electrons. The molecule has 0 amide bonds. The molecule has 0 aromatic rings. The second-order valence-corrected chi connectivity index (χ2v) is 6.59. The van der Waals surface area contributed by atoms with E-state index in [1.54, 1.807) is 0 Å². The van der Waals surface area contributed by atoms with Crippen LogP contribution < -0.4 is 0 Å². The number of ketones is 1. The number of rotatable bonds is 11. The maximum Gasteiger partial charge on any atom is 0.136 e. The Hall–Kier alpha value is -0.490. The van der Waals surface area contributed by atoms with Gasteiger partial charge in [0.05, 0.1) is 25.9 Å². The van der Waals surface area contributed by atoms with Gasteiger partial charge in [-0.15, -0.1) is 0 Å². The lowest BCUT2D eigenvalue weighted by molar-refractivity contribution is -0.122. The van der Waals surface area contributed by atoms with Gasteiger partial charge < -0.3 is 14.4 Å². The van der Waals surface area contributed by atoms with E-state index in [0.717, 1.165) is 45.9 Å². The molecule has 1 aliphatic rings. The third-order valence-corrected chi connectivity index (χ3v) is 4.01. The Morgan fingerprint density at radius 3 is 2.05 bits per heavy atom. The van der Waals surface area contributed by atoms with E-state index in [1.807, 2.05) is 27.7 Å². The van der Waals surface area contributed by atoms with Gasteiger partial charge in [0.25, 0.3) is 0 Å². The van der Waals surface area contributed by atoms with Crippen molar-refractivity contribution < 1.29 is 14.3 Å². The van der Waals surface area contributed by atoms with E-state index in [4.69, 9.17) is 9.47 Å². The number of piperazine rings is 1. The lowest BCUT2D eigenvalue weighted by atomic mass is 10.1. The molecule has 0 spiro atoms. The Morgan fingerprint density at radius 1 is 0.909 bits per heavy atom. The van der Waals surface area contributed by atoms with Crippen LogP contribution in [-0.4, -0.2) is 80.8 Å². The fraction of sp³-hybridized carbons (Fsp3) is 0.941. The highest BCUT2D eigenvalue weighted by Crippen LogP contribution is 2.05. The molecule has 0 aliphatic carbocycles. The maximum absolute atomic E-state index is 11.7. The topological polar surface area (TPSA) is 42.0 Å². The van der Waals surface area contributed by atoms with Gasteiger partial charge in [-0.05, 0) is 13.8 Å². The summed E-state index contributed by atoms with van der Waals surface area (Å²) in [6, 6.07) is 0. The summed E-state index contributed by atoms with van der Waals surface area (Å²) in [7, 11) is 0. The first-order valence-corrected chi connectivity index (χ1v) is 8.65. The minimum Gasteiger partial charge on any atom is -0.378 e. The largest absolute Gasteiger partial charge is 0.378 e. The molecule has 0 atom stereocenters. The molecule has 22 heavy (non-hydrogen) atoms. The Bertz CT molecular complexity index is 300. The van der Waals surface area contributed by atoms with Gasteiger partial charge in [0.2, 0.25) is 0 Å². The van der Waals surface area contributed by atoms with Crippen LogP contribution in [0.15, 0.2) is 0 Å². The van der Waals surface area contributed by atoms with Gasteiger partial charge in [-0.2, -0.15) is 0 Å². The average molecular weight is 314 g/mol. The molecule has 0 radical (unpaired) electrons. The van der Waals surface area contributed by atoms with Gasteiger partial charge in [-0.1, -0.05) is 13.8 Å². The van der Waals surface area contributed by atoms with Gasteiger partial charge in [0.15, 0.2) is 0 Å². The molecule has 5 heteroatoms. The zero-order valence-electron chi connectivity index (χ0n) is 14.8. The molecular weight excluding hydrogens is 280 g/mol. The van der Waals surface area contributed by atoms with Crippen LogP contribution >= 0.6 is 0 Å². The molecule has 1 rings (SSSR count). The molecular formula is C17H34N2O3. The van der Waals surface area contributed by atoms with Crippen LogP contribution in [0.3, 0.4) is 0 Å². The van der Waals surface area contributed by atoms with Gasteiger partial charge in [-0.25, -0.2) is 0 Å². The van der Waals surface area contributed by atoms with E-state index < -0.39 is 0 Å². The van der Waals surface area contributed by atoms with E-state index in [2.05, 4.69) is 9.80 Å². The van der Waals surface area contributed by atoms with Crippen molar-refractivity contribution in [3.05, 3.63) is 0 Å². The van der Waals surface area contributed by atoms with E-state index in [-0.39, 0.29) is 12.0 Å². The van der Waals surface area contributed by atoms with Gasteiger partial charge in [-0.3, -0.25) is 9.69 Å². The zero-order chi connectivity index (χ0) is 16.4. The number of hydrogen-bond acceptors (Lipinski definition) is 5. The van der Waals surface area contributed by atoms with Gasteiger partial charge >= 0.3 is 0 Å². The quantitative estimate of drug-likeness (QED) is 0.543. The van der Waals surface area contributed by atoms with Crippen LogP contribution in [0.2, 0.25) is 0 Å². The highest BCUT2D eigenvalue weighted by Gasteiger charge is 2.17. The standard InChI is InChI=1S/C17H34N2O3/c1-15(2)17(20)5-6-18-7-9-19(10-8-18)11-12-21-13-14-22-16(3)4/h15-16H,5-14H2,1-4H3. The zero-order valence-corrected chi connectivity index (χ0v) is 14.8. The number of nitrogens with zero attached hydrogens (tertiary/aromatic N) is 2. The summed E-state index contributed by atoms with van der Waals surface area (Å²) >= 11 is 0. The third kappa shape index (κ3) is 8.83. The van der Waals surface area contributed by atoms with Crippen LogP contribution in [0.25, 0.3) is 0 Å². The summed E-state index contributed by atoms with van der Waals surface area (Å²) in [5.74, 6) is 0.539. The molecule has 1 heterocycles. The number of ether oxygens (including phenoxy) is 2. The van der Waals surface area contributed by atoms with Crippen molar-refractivity contribution in [2.75, 3.05) is 59.1 Å². The number of Topliss-reactive ketones (excluding diaryl/α,β-unsaturated/α-hetero) is 1. The lowest BCUT2D eigenvalue weighted by Crippen LogP contribution is -2.47. The molecule has 5 nitrogen and oxygen atoms in total. The monoisotopic (exact) mass is 314 g/mol. The SMILES string of the molecule is CC(C)OCCOCCN1CCN(CCC(=O)C(C)C)CC1. The second kappa shape index (κ2) is 11.1. The summed E-state index contributed by atoms with van der Waals surface area (Å²) < 4.78 is 11.0. The summed E-state index contributed by atoms with van der Waals surface area (Å²) in [4.78, 5) is 16.5. The maximum atomic E-state index is 11.7. The van der Waals surface area contributed by atoms with Gasteiger partial charge in [0.1, 0.15) is 5.78 Å². The van der Waals surface area contributed by atoms with Crippen molar-refractivity contribution in [2.24, 2.45) is 5.92 Å². The first-order chi connectivity index (χ1) is 10.5. The van der Waals surface area contributed by atoms with Gasteiger partial charge in [0, 0.05) is 51.6 Å². The van der Waals surface area contributed by atoms with E-state index in [9.17, 15) is 4.79 Å². The smallest absolute Gasteiger partial charge is 0.136 e. The predicted molar refractivity (Wildman–Crippen MR) is 89.2 cm³/mol. The van der Waals surface area contributed by atoms with Crippen molar-refractivity contribution in [2.45, 2.75) is 40.2 Å². The van der Waals surface area contributed by atoms with Crippen molar-refractivity contribution in [3.8, 4) is 0 Å². The minimum atomic E-state index is 0.165. The van der Waals surface area contributed by atoms with Crippen molar-refractivity contribution in [1.29, 1.82) is 0 Å². The predicted octanol–water partition coefficient (Wildman–Crippen LogP) is 1.66. The summed E-state index contributed by atoms with van der Waals surface area (Å²) in [5.41, 5.74) is 0. The highest BCUT2D eigenvalue weighted by atomic mass is 16.5. The molecule has 1 aliphatic heterocycles. The van der Waals surface area contributed by atoms with Crippen LogP contribution in [0.1, 0.15) is 34.1 Å². The Kier molecular flexibility index (Phi) is 9.87. The average Bonchev–Trinajstić information content (AvgIpc) is 2.49. The third-order valence-electron chi connectivity index (χ3n) is 4.01. The molecule has 1 fully saturated rings. The normalized spacial score (nSPS) is 17.5. The molecule has 0 saturated carbocycles. The first kappa shape index (κ1) is 19.6. The Labute approximate surface area is 135 Å². The molecule has 0 bridgehead atoms. The summed E-state index contributed by atoms with van der Waals surface area (Å²) in [5, 5.41) is 0.